The van der Waals surface area contributed by atoms with Crippen LogP contribution in [0, 0.1) is 12.7 Å². The fraction of sp³-hybridized carbons (Fsp3) is 0.0769. The number of rotatable bonds is 3. The molecular formula is C13H11ClFNO2S. The van der Waals surface area contributed by atoms with Gasteiger partial charge >= 0.3 is 0 Å². The largest absolute Gasteiger partial charge is 0.277 e. The molecule has 19 heavy (non-hydrogen) atoms. The Morgan fingerprint density at radius 2 is 1.74 bits per heavy atom. The molecule has 6 heteroatoms. The van der Waals surface area contributed by atoms with Crippen molar-refractivity contribution in [2.45, 2.75) is 11.8 Å². The van der Waals surface area contributed by atoms with E-state index >= 15 is 0 Å². The maximum Gasteiger partial charge on any atom is 0.261 e. The van der Waals surface area contributed by atoms with Gasteiger partial charge in [0.25, 0.3) is 10.0 Å². The molecule has 0 amide bonds. The maximum absolute atomic E-state index is 13.6. The van der Waals surface area contributed by atoms with Crippen molar-refractivity contribution in [1.29, 1.82) is 0 Å². The molecule has 0 heterocycles. The first-order chi connectivity index (χ1) is 8.88. The third-order valence-electron chi connectivity index (χ3n) is 2.49. The molecular weight excluding hydrogens is 289 g/mol. The molecule has 0 aliphatic carbocycles. The summed E-state index contributed by atoms with van der Waals surface area (Å²) in [6, 6.07) is 9.91. The lowest BCUT2D eigenvalue weighted by Crippen LogP contribution is -2.13. The highest BCUT2D eigenvalue weighted by atomic mass is 35.5. The van der Waals surface area contributed by atoms with Gasteiger partial charge in [0.2, 0.25) is 0 Å². The van der Waals surface area contributed by atoms with Crippen molar-refractivity contribution in [1.82, 2.24) is 0 Å². The van der Waals surface area contributed by atoms with Gasteiger partial charge in [-0.05, 0) is 48.9 Å². The molecule has 0 bridgehead atoms. The van der Waals surface area contributed by atoms with Gasteiger partial charge in [-0.1, -0.05) is 17.7 Å². The SMILES string of the molecule is Cc1ccc(NS(=O)(=O)c2ccc(Cl)cc2)c(F)c1. The summed E-state index contributed by atoms with van der Waals surface area (Å²) in [6.07, 6.45) is 0. The van der Waals surface area contributed by atoms with Crippen LogP contribution in [-0.2, 0) is 10.0 Å². The number of aryl methyl sites for hydroxylation is 1. The van der Waals surface area contributed by atoms with Crippen molar-refractivity contribution in [3.05, 3.63) is 58.9 Å². The number of nitrogens with one attached hydrogen (secondary N) is 1. The van der Waals surface area contributed by atoms with E-state index in [1.54, 1.807) is 13.0 Å². The second kappa shape index (κ2) is 5.19. The predicted octanol–water partition coefficient (Wildman–Crippen LogP) is 3.59. The predicted molar refractivity (Wildman–Crippen MR) is 73.4 cm³/mol. The van der Waals surface area contributed by atoms with Crippen molar-refractivity contribution in [3.8, 4) is 0 Å². The number of halogens is 2. The van der Waals surface area contributed by atoms with Gasteiger partial charge in [0.1, 0.15) is 5.82 Å². The van der Waals surface area contributed by atoms with Crippen LogP contribution in [0.3, 0.4) is 0 Å². The molecule has 0 aliphatic rings. The van der Waals surface area contributed by atoms with Crippen LogP contribution in [-0.4, -0.2) is 8.42 Å². The topological polar surface area (TPSA) is 46.2 Å². The van der Waals surface area contributed by atoms with Crippen molar-refractivity contribution in [3.63, 3.8) is 0 Å². The van der Waals surface area contributed by atoms with Crippen LogP contribution < -0.4 is 4.72 Å². The summed E-state index contributed by atoms with van der Waals surface area (Å²) >= 11 is 5.69. The Balaban J connectivity index is 2.33. The first-order valence-electron chi connectivity index (χ1n) is 5.43. The van der Waals surface area contributed by atoms with E-state index in [4.69, 9.17) is 11.6 Å². The summed E-state index contributed by atoms with van der Waals surface area (Å²) in [5.74, 6) is -0.613. The van der Waals surface area contributed by atoms with Gasteiger partial charge in [0.05, 0.1) is 10.6 Å². The highest BCUT2D eigenvalue weighted by molar-refractivity contribution is 7.92. The van der Waals surface area contributed by atoms with E-state index in [9.17, 15) is 12.8 Å². The second-order valence-corrected chi connectivity index (χ2v) is 6.16. The smallest absolute Gasteiger partial charge is 0.261 e. The second-order valence-electron chi connectivity index (χ2n) is 4.04. The van der Waals surface area contributed by atoms with Crippen molar-refractivity contribution in [2.75, 3.05) is 4.72 Å². The Labute approximate surface area is 116 Å². The average Bonchev–Trinajstić information content (AvgIpc) is 2.33. The quantitative estimate of drug-likeness (QED) is 0.941. The van der Waals surface area contributed by atoms with Crippen LogP contribution in [0.2, 0.25) is 5.02 Å². The maximum atomic E-state index is 13.6. The number of anilines is 1. The fourth-order valence-electron chi connectivity index (χ4n) is 1.52. The Morgan fingerprint density at radius 3 is 2.32 bits per heavy atom. The van der Waals surface area contributed by atoms with E-state index in [2.05, 4.69) is 4.72 Å². The molecule has 0 radical (unpaired) electrons. The van der Waals surface area contributed by atoms with Gasteiger partial charge in [0.15, 0.2) is 0 Å². The number of hydrogen-bond acceptors (Lipinski definition) is 2. The van der Waals surface area contributed by atoms with Crippen molar-refractivity contribution >= 4 is 27.3 Å². The molecule has 3 nitrogen and oxygen atoms in total. The Bertz CT molecular complexity index is 699. The molecule has 2 rings (SSSR count). The lowest BCUT2D eigenvalue weighted by Gasteiger charge is -2.09. The molecule has 0 unspecified atom stereocenters. The first-order valence-corrected chi connectivity index (χ1v) is 7.29. The summed E-state index contributed by atoms with van der Waals surface area (Å²) in [7, 11) is -3.81. The van der Waals surface area contributed by atoms with Crippen LogP contribution in [0.15, 0.2) is 47.4 Å². The van der Waals surface area contributed by atoms with Gasteiger partial charge in [0, 0.05) is 5.02 Å². The molecule has 0 aromatic heterocycles. The van der Waals surface area contributed by atoms with Gasteiger partial charge < -0.3 is 0 Å². The van der Waals surface area contributed by atoms with Gasteiger partial charge in [-0.25, -0.2) is 12.8 Å². The van der Waals surface area contributed by atoms with E-state index in [-0.39, 0.29) is 10.6 Å². The zero-order valence-corrected chi connectivity index (χ0v) is 11.6. The average molecular weight is 300 g/mol. The molecule has 0 saturated heterocycles. The van der Waals surface area contributed by atoms with Gasteiger partial charge in [-0.15, -0.1) is 0 Å². The number of hydrogen-bond donors (Lipinski definition) is 1. The molecule has 0 aliphatic heterocycles. The Hall–Kier alpha value is -1.59. The molecule has 2 aromatic rings. The summed E-state index contributed by atoms with van der Waals surface area (Å²) in [6.45, 7) is 1.72. The zero-order valence-electron chi connectivity index (χ0n) is 10.0. The van der Waals surface area contributed by atoms with Gasteiger partial charge in [-0.2, -0.15) is 0 Å². The zero-order chi connectivity index (χ0) is 14.0. The molecule has 0 atom stereocenters. The van der Waals surface area contributed by atoms with Gasteiger partial charge in [-0.3, -0.25) is 4.72 Å². The normalized spacial score (nSPS) is 11.3. The third-order valence-corrected chi connectivity index (χ3v) is 4.13. The lowest BCUT2D eigenvalue weighted by molar-refractivity contribution is 0.598. The molecule has 0 fully saturated rings. The van der Waals surface area contributed by atoms with E-state index in [1.807, 2.05) is 0 Å². The molecule has 0 saturated carbocycles. The van der Waals surface area contributed by atoms with Crippen LogP contribution in [0.25, 0.3) is 0 Å². The first kappa shape index (κ1) is 13.8. The third kappa shape index (κ3) is 3.24. The summed E-state index contributed by atoms with van der Waals surface area (Å²) < 4.78 is 39.9. The van der Waals surface area contributed by atoms with Crippen molar-refractivity contribution < 1.29 is 12.8 Å². The standard InChI is InChI=1S/C13H11ClFNO2S/c1-9-2-7-13(12(15)8-9)16-19(17,18)11-5-3-10(14)4-6-11/h2-8,16H,1H3. The Morgan fingerprint density at radius 1 is 1.11 bits per heavy atom. The number of sulfonamides is 1. The lowest BCUT2D eigenvalue weighted by atomic mass is 10.2. The minimum absolute atomic E-state index is 0.0249. The summed E-state index contributed by atoms with van der Waals surface area (Å²) in [4.78, 5) is 0.0249. The highest BCUT2D eigenvalue weighted by Crippen LogP contribution is 2.21. The monoisotopic (exact) mass is 299 g/mol. The van der Waals surface area contributed by atoms with E-state index in [0.717, 1.165) is 0 Å². The minimum Gasteiger partial charge on any atom is -0.277 e. The fourth-order valence-corrected chi connectivity index (χ4v) is 2.71. The highest BCUT2D eigenvalue weighted by Gasteiger charge is 2.16. The van der Waals surface area contributed by atoms with E-state index in [1.165, 1.54) is 36.4 Å². The molecule has 100 valence electrons. The number of benzene rings is 2. The molecule has 0 spiro atoms. The molecule has 1 N–H and O–H groups in total. The van der Waals surface area contributed by atoms with Crippen molar-refractivity contribution in [2.24, 2.45) is 0 Å². The van der Waals surface area contributed by atoms with Crippen LogP contribution in [0.4, 0.5) is 10.1 Å². The minimum atomic E-state index is -3.81. The van der Waals surface area contributed by atoms with Crippen LogP contribution >= 0.6 is 11.6 Å². The van der Waals surface area contributed by atoms with E-state index in [0.29, 0.717) is 10.6 Å². The van der Waals surface area contributed by atoms with Crippen LogP contribution in [0.5, 0.6) is 0 Å². The summed E-state index contributed by atoms with van der Waals surface area (Å²) in [5.41, 5.74) is 0.632. The Kier molecular flexibility index (Phi) is 3.78. The summed E-state index contributed by atoms with van der Waals surface area (Å²) in [5, 5.41) is 0.431. The van der Waals surface area contributed by atoms with Crippen LogP contribution in [0.1, 0.15) is 5.56 Å². The molecule has 2 aromatic carbocycles. The van der Waals surface area contributed by atoms with E-state index < -0.39 is 15.8 Å².